The lowest BCUT2D eigenvalue weighted by Crippen LogP contribution is -1.91. The van der Waals surface area contributed by atoms with Crippen LogP contribution in [0.5, 0.6) is 0 Å². The molecule has 2 rings (SSSR count). The summed E-state index contributed by atoms with van der Waals surface area (Å²) >= 11 is 1.22. The molecule has 0 saturated carbocycles. The van der Waals surface area contributed by atoms with Crippen molar-refractivity contribution < 1.29 is 4.92 Å². The smallest absolute Gasteiger partial charge is 0.283 e. The van der Waals surface area contributed by atoms with Gasteiger partial charge in [0, 0.05) is 18.0 Å². The van der Waals surface area contributed by atoms with Gasteiger partial charge < -0.3 is 5.73 Å². The van der Waals surface area contributed by atoms with Crippen LogP contribution in [-0.2, 0) is 0 Å². The van der Waals surface area contributed by atoms with Crippen molar-refractivity contribution in [3.8, 4) is 0 Å². The number of nitrogens with zero attached hydrogens (tertiary/aromatic N) is 2. The number of hydrogen-bond acceptors (Lipinski definition) is 5. The molecule has 6 heteroatoms. The van der Waals surface area contributed by atoms with Crippen molar-refractivity contribution in [3.63, 3.8) is 0 Å². The number of hydrogen-bond donors (Lipinski definition) is 1. The number of rotatable bonds is 3. The van der Waals surface area contributed by atoms with E-state index < -0.39 is 4.92 Å². The first-order valence-corrected chi connectivity index (χ1v) is 5.61. The first kappa shape index (κ1) is 11.4. The summed E-state index contributed by atoms with van der Waals surface area (Å²) in [6.45, 7) is 0. The zero-order valence-corrected chi connectivity index (χ0v) is 9.55. The van der Waals surface area contributed by atoms with Crippen LogP contribution in [0.25, 0.3) is 0 Å². The predicted octanol–water partition coefficient (Wildman–Crippen LogP) is 2.72. The van der Waals surface area contributed by atoms with Crippen LogP contribution in [-0.4, -0.2) is 9.91 Å². The molecule has 2 aromatic rings. The van der Waals surface area contributed by atoms with Gasteiger partial charge in [0.15, 0.2) is 0 Å². The van der Waals surface area contributed by atoms with Crippen molar-refractivity contribution >= 4 is 23.1 Å². The number of aromatic nitrogens is 1. The average molecular weight is 247 g/mol. The molecule has 0 amide bonds. The van der Waals surface area contributed by atoms with E-state index in [1.165, 1.54) is 17.8 Å². The summed E-state index contributed by atoms with van der Waals surface area (Å²) in [5, 5.41) is 11.5. The molecule has 1 aromatic carbocycles. The van der Waals surface area contributed by atoms with Crippen molar-refractivity contribution in [2.45, 2.75) is 9.92 Å². The largest absolute Gasteiger partial charge is 0.399 e. The topological polar surface area (TPSA) is 82.0 Å². The minimum absolute atomic E-state index is 0.0710. The first-order valence-electron chi connectivity index (χ1n) is 4.79. The van der Waals surface area contributed by atoms with Crippen LogP contribution in [0.4, 0.5) is 11.4 Å². The standard InChI is InChI=1S/C11H9N3O2S/c12-8-5-6-13-11(7-8)17-10-4-2-1-3-9(10)14(15)16/h1-7H,(H2,12,13). The number of para-hydroxylation sites is 1. The van der Waals surface area contributed by atoms with E-state index in [2.05, 4.69) is 4.98 Å². The van der Waals surface area contributed by atoms with Crippen LogP contribution in [0.15, 0.2) is 52.5 Å². The normalized spacial score (nSPS) is 10.1. The third-order valence-corrected chi connectivity index (χ3v) is 3.03. The van der Waals surface area contributed by atoms with E-state index in [0.717, 1.165) is 0 Å². The SMILES string of the molecule is Nc1ccnc(Sc2ccccc2[N+](=O)[O-])c1. The van der Waals surface area contributed by atoms with E-state index in [9.17, 15) is 10.1 Å². The van der Waals surface area contributed by atoms with E-state index in [-0.39, 0.29) is 5.69 Å². The highest BCUT2D eigenvalue weighted by molar-refractivity contribution is 7.99. The summed E-state index contributed by atoms with van der Waals surface area (Å²) in [6, 6.07) is 9.89. The van der Waals surface area contributed by atoms with Gasteiger partial charge in [-0.3, -0.25) is 10.1 Å². The number of benzene rings is 1. The van der Waals surface area contributed by atoms with E-state index in [4.69, 9.17) is 5.73 Å². The number of anilines is 1. The highest BCUT2D eigenvalue weighted by Gasteiger charge is 2.13. The monoisotopic (exact) mass is 247 g/mol. The molecule has 0 bridgehead atoms. The number of nitro groups is 1. The van der Waals surface area contributed by atoms with Crippen molar-refractivity contribution in [3.05, 3.63) is 52.7 Å². The lowest BCUT2D eigenvalue weighted by molar-refractivity contribution is -0.387. The Balaban J connectivity index is 2.33. The lowest BCUT2D eigenvalue weighted by atomic mass is 10.3. The average Bonchev–Trinajstić information content (AvgIpc) is 2.29. The molecule has 0 aliphatic heterocycles. The van der Waals surface area contributed by atoms with Gasteiger partial charge in [0.1, 0.15) is 5.03 Å². The second kappa shape index (κ2) is 4.84. The quantitative estimate of drug-likeness (QED) is 0.666. The molecule has 17 heavy (non-hydrogen) atoms. The Morgan fingerprint density at radius 1 is 1.29 bits per heavy atom. The summed E-state index contributed by atoms with van der Waals surface area (Å²) in [5.41, 5.74) is 6.28. The molecule has 0 fully saturated rings. The van der Waals surface area contributed by atoms with Gasteiger partial charge in [0.05, 0.1) is 9.82 Å². The van der Waals surface area contributed by atoms with Crippen molar-refractivity contribution in [2.75, 3.05) is 5.73 Å². The van der Waals surface area contributed by atoms with Gasteiger partial charge >= 0.3 is 0 Å². The Bertz CT molecular complexity index is 560. The highest BCUT2D eigenvalue weighted by atomic mass is 32.2. The molecule has 1 heterocycles. The van der Waals surface area contributed by atoms with Crippen molar-refractivity contribution in [2.24, 2.45) is 0 Å². The molecule has 0 saturated heterocycles. The second-order valence-corrected chi connectivity index (χ2v) is 4.32. The van der Waals surface area contributed by atoms with Crippen LogP contribution in [0, 0.1) is 10.1 Å². The van der Waals surface area contributed by atoms with Crippen LogP contribution in [0.3, 0.4) is 0 Å². The maximum Gasteiger partial charge on any atom is 0.283 e. The fraction of sp³-hybridized carbons (Fsp3) is 0. The third-order valence-electron chi connectivity index (χ3n) is 2.04. The minimum Gasteiger partial charge on any atom is -0.399 e. The number of pyridine rings is 1. The lowest BCUT2D eigenvalue weighted by Gasteiger charge is -2.02. The van der Waals surface area contributed by atoms with Gasteiger partial charge in [-0.15, -0.1) is 0 Å². The molecule has 0 aliphatic rings. The van der Waals surface area contributed by atoms with E-state index >= 15 is 0 Å². The van der Waals surface area contributed by atoms with Gasteiger partial charge in [0.25, 0.3) is 5.69 Å². The van der Waals surface area contributed by atoms with E-state index in [1.807, 2.05) is 0 Å². The Labute approximate surface area is 102 Å². The summed E-state index contributed by atoms with van der Waals surface area (Å²) < 4.78 is 0. The van der Waals surface area contributed by atoms with Gasteiger partial charge in [-0.2, -0.15) is 0 Å². The maximum atomic E-state index is 10.8. The van der Waals surface area contributed by atoms with Crippen LogP contribution < -0.4 is 5.73 Å². The summed E-state index contributed by atoms with van der Waals surface area (Å²) in [4.78, 5) is 15.1. The van der Waals surface area contributed by atoms with Crippen molar-refractivity contribution in [1.29, 1.82) is 0 Å². The second-order valence-electron chi connectivity index (χ2n) is 3.25. The third kappa shape index (κ3) is 2.73. The van der Waals surface area contributed by atoms with Crippen LogP contribution in [0.1, 0.15) is 0 Å². The summed E-state index contributed by atoms with van der Waals surface area (Å²) in [6.07, 6.45) is 1.58. The fourth-order valence-electron chi connectivity index (χ4n) is 1.29. The molecular formula is C11H9N3O2S. The zero-order chi connectivity index (χ0) is 12.3. The Kier molecular flexibility index (Phi) is 3.24. The highest BCUT2D eigenvalue weighted by Crippen LogP contribution is 2.33. The van der Waals surface area contributed by atoms with Gasteiger partial charge in [-0.1, -0.05) is 23.9 Å². The first-order chi connectivity index (χ1) is 8.16. The molecular weight excluding hydrogens is 238 g/mol. The summed E-state index contributed by atoms with van der Waals surface area (Å²) in [7, 11) is 0. The molecule has 0 radical (unpaired) electrons. The van der Waals surface area contributed by atoms with E-state index in [1.54, 1.807) is 36.5 Å². The van der Waals surface area contributed by atoms with Crippen LogP contribution in [0.2, 0.25) is 0 Å². The minimum atomic E-state index is -0.408. The Morgan fingerprint density at radius 3 is 2.76 bits per heavy atom. The number of nitrogen functional groups attached to an aromatic ring is 1. The molecule has 86 valence electrons. The molecule has 0 atom stereocenters. The molecule has 0 spiro atoms. The molecule has 2 N–H and O–H groups in total. The molecule has 0 unspecified atom stereocenters. The Hall–Kier alpha value is -2.08. The number of nitro benzene ring substituents is 1. The Morgan fingerprint density at radius 2 is 2.06 bits per heavy atom. The fourth-order valence-corrected chi connectivity index (χ4v) is 2.22. The van der Waals surface area contributed by atoms with Crippen molar-refractivity contribution in [1.82, 2.24) is 4.98 Å². The maximum absolute atomic E-state index is 10.8. The van der Waals surface area contributed by atoms with E-state index in [0.29, 0.717) is 15.6 Å². The molecule has 5 nitrogen and oxygen atoms in total. The predicted molar refractivity (Wildman–Crippen MR) is 65.9 cm³/mol. The summed E-state index contributed by atoms with van der Waals surface area (Å²) in [5.74, 6) is 0. The number of nitrogens with two attached hydrogens (primary N) is 1. The van der Waals surface area contributed by atoms with Gasteiger partial charge in [-0.05, 0) is 18.2 Å². The zero-order valence-electron chi connectivity index (χ0n) is 8.74. The van der Waals surface area contributed by atoms with Gasteiger partial charge in [-0.25, -0.2) is 4.98 Å². The van der Waals surface area contributed by atoms with Crippen LogP contribution >= 0.6 is 11.8 Å². The van der Waals surface area contributed by atoms with Gasteiger partial charge in [0.2, 0.25) is 0 Å². The molecule has 0 aliphatic carbocycles. The molecule has 1 aromatic heterocycles.